The number of nitrogens with one attached hydrogen (secondary N) is 2. The van der Waals surface area contributed by atoms with E-state index in [0.717, 1.165) is 17.2 Å². The van der Waals surface area contributed by atoms with E-state index in [2.05, 4.69) is 16.4 Å². The molecule has 0 unspecified atom stereocenters. The van der Waals surface area contributed by atoms with Crippen LogP contribution in [0.3, 0.4) is 0 Å². The molecule has 0 aromatic carbocycles. The van der Waals surface area contributed by atoms with Crippen LogP contribution in [0.5, 0.6) is 0 Å². The zero-order valence-corrected chi connectivity index (χ0v) is 11.2. The van der Waals surface area contributed by atoms with E-state index in [-0.39, 0.29) is 12.3 Å². The van der Waals surface area contributed by atoms with Crippen molar-refractivity contribution in [1.29, 1.82) is 5.41 Å². The highest BCUT2D eigenvalue weighted by atomic mass is 35.5. The Balaban J connectivity index is 2.54. The summed E-state index contributed by atoms with van der Waals surface area (Å²) in [5.41, 5.74) is 1.42. The standard InChI is InChI=1S/C13H16ClN3O/c1-9(16-8-13(15)11(3)17-14)4-6-12-7-5-10(2)18-12/h4-7,15,17H,3,8H2,1-2H3/b6-4+,15-13?,16-9?. The second-order valence-corrected chi connectivity index (χ2v) is 3.98. The van der Waals surface area contributed by atoms with Crippen molar-refractivity contribution >= 4 is 29.3 Å². The summed E-state index contributed by atoms with van der Waals surface area (Å²) in [6.45, 7) is 7.57. The molecule has 4 nitrogen and oxygen atoms in total. The van der Waals surface area contributed by atoms with Crippen molar-refractivity contribution in [3.63, 3.8) is 0 Å². The average Bonchev–Trinajstić information content (AvgIpc) is 2.78. The lowest BCUT2D eigenvalue weighted by Gasteiger charge is -2.01. The highest BCUT2D eigenvalue weighted by Gasteiger charge is 1.99. The van der Waals surface area contributed by atoms with Gasteiger partial charge in [-0.1, -0.05) is 6.58 Å². The predicted octanol–water partition coefficient (Wildman–Crippen LogP) is 3.34. The molecule has 0 spiro atoms. The number of hydrogen-bond acceptors (Lipinski definition) is 4. The third-order valence-electron chi connectivity index (χ3n) is 2.21. The number of furan rings is 1. The molecule has 0 saturated heterocycles. The van der Waals surface area contributed by atoms with Crippen LogP contribution in [0.1, 0.15) is 18.4 Å². The summed E-state index contributed by atoms with van der Waals surface area (Å²) < 4.78 is 5.39. The van der Waals surface area contributed by atoms with Crippen molar-refractivity contribution in [2.75, 3.05) is 6.54 Å². The summed E-state index contributed by atoms with van der Waals surface area (Å²) >= 11 is 5.34. The van der Waals surface area contributed by atoms with Crippen LogP contribution in [0, 0.1) is 12.3 Å². The van der Waals surface area contributed by atoms with Crippen LogP contribution >= 0.6 is 11.8 Å². The fraction of sp³-hybridized carbons (Fsp3) is 0.231. The zero-order valence-electron chi connectivity index (χ0n) is 10.5. The molecule has 18 heavy (non-hydrogen) atoms. The lowest BCUT2D eigenvalue weighted by molar-refractivity contribution is 0.525. The van der Waals surface area contributed by atoms with Crippen LogP contribution in [-0.2, 0) is 0 Å². The van der Waals surface area contributed by atoms with Crippen LogP contribution in [0.2, 0.25) is 0 Å². The minimum atomic E-state index is 0.242. The third-order valence-corrected chi connectivity index (χ3v) is 2.44. The Morgan fingerprint density at radius 1 is 1.61 bits per heavy atom. The van der Waals surface area contributed by atoms with Gasteiger partial charge in [0.05, 0.1) is 18.0 Å². The number of halogens is 1. The number of rotatable bonds is 6. The molecule has 5 heteroatoms. The largest absolute Gasteiger partial charge is 0.462 e. The second kappa shape index (κ2) is 6.81. The summed E-state index contributed by atoms with van der Waals surface area (Å²) in [5.74, 6) is 1.65. The number of aryl methyl sites for hydroxylation is 1. The maximum atomic E-state index is 7.59. The fourth-order valence-electron chi connectivity index (χ4n) is 1.15. The fourth-order valence-corrected chi connectivity index (χ4v) is 1.27. The van der Waals surface area contributed by atoms with E-state index >= 15 is 0 Å². The summed E-state index contributed by atoms with van der Waals surface area (Å²) in [6, 6.07) is 3.79. The SMILES string of the molecule is C=C(NCl)C(=N)CN=C(C)/C=C/c1ccc(C)o1. The van der Waals surface area contributed by atoms with Gasteiger partial charge in [-0.25, -0.2) is 0 Å². The Morgan fingerprint density at radius 2 is 2.33 bits per heavy atom. The second-order valence-electron chi connectivity index (χ2n) is 3.79. The maximum Gasteiger partial charge on any atom is 0.127 e. The Kier molecular flexibility index (Phi) is 5.39. The van der Waals surface area contributed by atoms with E-state index in [1.807, 2.05) is 38.1 Å². The van der Waals surface area contributed by atoms with Gasteiger partial charge in [0.15, 0.2) is 0 Å². The summed E-state index contributed by atoms with van der Waals surface area (Å²) in [6.07, 6.45) is 3.67. The van der Waals surface area contributed by atoms with Crippen molar-refractivity contribution in [2.24, 2.45) is 4.99 Å². The van der Waals surface area contributed by atoms with E-state index in [0.29, 0.717) is 5.70 Å². The zero-order chi connectivity index (χ0) is 13.5. The van der Waals surface area contributed by atoms with E-state index in [1.165, 1.54) is 0 Å². The van der Waals surface area contributed by atoms with Crippen LogP contribution in [0.15, 0.2) is 39.9 Å². The van der Waals surface area contributed by atoms with Crippen LogP contribution in [-0.4, -0.2) is 18.0 Å². The van der Waals surface area contributed by atoms with Crippen molar-refractivity contribution in [3.8, 4) is 0 Å². The molecule has 0 radical (unpaired) electrons. The highest BCUT2D eigenvalue weighted by Crippen LogP contribution is 2.07. The van der Waals surface area contributed by atoms with Gasteiger partial charge in [0, 0.05) is 17.5 Å². The lowest BCUT2D eigenvalue weighted by atomic mass is 10.3. The van der Waals surface area contributed by atoms with Crippen LogP contribution in [0.4, 0.5) is 0 Å². The molecule has 0 bridgehead atoms. The molecule has 0 aliphatic rings. The molecule has 1 rings (SSSR count). The lowest BCUT2D eigenvalue weighted by Crippen LogP contribution is -2.13. The van der Waals surface area contributed by atoms with Crippen molar-refractivity contribution in [1.82, 2.24) is 4.84 Å². The molecule has 2 N–H and O–H groups in total. The van der Waals surface area contributed by atoms with E-state index in [1.54, 1.807) is 0 Å². The normalized spacial score (nSPS) is 11.8. The Morgan fingerprint density at radius 3 is 2.89 bits per heavy atom. The van der Waals surface area contributed by atoms with E-state index in [9.17, 15) is 0 Å². The van der Waals surface area contributed by atoms with Gasteiger partial charge in [-0.2, -0.15) is 0 Å². The molecule has 0 fully saturated rings. The molecule has 1 aromatic heterocycles. The summed E-state index contributed by atoms with van der Waals surface area (Å²) in [5, 5.41) is 7.59. The van der Waals surface area contributed by atoms with Crippen molar-refractivity contribution in [2.45, 2.75) is 13.8 Å². The molecule has 0 aliphatic carbocycles. The minimum Gasteiger partial charge on any atom is -0.462 e. The number of allylic oxidation sites excluding steroid dienone is 1. The van der Waals surface area contributed by atoms with Gasteiger partial charge in [0.2, 0.25) is 0 Å². The number of nitrogens with zero attached hydrogens (tertiary/aromatic N) is 1. The van der Waals surface area contributed by atoms with E-state index < -0.39 is 0 Å². The highest BCUT2D eigenvalue weighted by molar-refractivity contribution is 6.18. The molecule has 96 valence electrons. The molecule has 0 amide bonds. The molecule has 0 saturated carbocycles. The van der Waals surface area contributed by atoms with Crippen LogP contribution in [0.25, 0.3) is 6.08 Å². The molecular weight excluding hydrogens is 250 g/mol. The molecule has 0 atom stereocenters. The summed E-state index contributed by atoms with van der Waals surface area (Å²) in [7, 11) is 0. The van der Waals surface area contributed by atoms with Gasteiger partial charge in [-0.15, -0.1) is 0 Å². The Hall–Kier alpha value is -1.81. The van der Waals surface area contributed by atoms with Gasteiger partial charge in [0.1, 0.15) is 11.5 Å². The first-order valence-corrected chi connectivity index (χ1v) is 5.79. The average molecular weight is 266 g/mol. The smallest absolute Gasteiger partial charge is 0.127 e. The van der Waals surface area contributed by atoms with Gasteiger partial charge in [-0.3, -0.25) is 9.83 Å². The van der Waals surface area contributed by atoms with Crippen LogP contribution < -0.4 is 4.84 Å². The first-order valence-electron chi connectivity index (χ1n) is 5.42. The first-order chi connectivity index (χ1) is 8.52. The summed E-state index contributed by atoms with van der Waals surface area (Å²) in [4.78, 5) is 6.52. The first kappa shape index (κ1) is 14.3. The maximum absolute atomic E-state index is 7.59. The minimum absolute atomic E-state index is 0.242. The number of aliphatic imine (C=N–C) groups is 1. The van der Waals surface area contributed by atoms with E-state index in [4.69, 9.17) is 21.6 Å². The monoisotopic (exact) mass is 265 g/mol. The van der Waals surface area contributed by atoms with Crippen molar-refractivity contribution in [3.05, 3.63) is 42.0 Å². The topological polar surface area (TPSA) is 61.4 Å². The van der Waals surface area contributed by atoms with Gasteiger partial charge in [-0.05, 0) is 38.1 Å². The Bertz CT molecular complexity index is 500. The number of hydrogen-bond donors (Lipinski definition) is 2. The quantitative estimate of drug-likeness (QED) is 0.612. The Labute approximate surface area is 112 Å². The predicted molar refractivity (Wildman–Crippen MR) is 76.3 cm³/mol. The van der Waals surface area contributed by atoms with Gasteiger partial charge in [0.25, 0.3) is 0 Å². The molecule has 1 heterocycles. The third kappa shape index (κ3) is 4.59. The molecule has 1 aromatic rings. The molecule has 0 aliphatic heterocycles. The van der Waals surface area contributed by atoms with Crippen molar-refractivity contribution < 1.29 is 4.42 Å². The van der Waals surface area contributed by atoms with Gasteiger partial charge < -0.3 is 9.83 Å². The molecular formula is C13H16ClN3O. The van der Waals surface area contributed by atoms with Gasteiger partial charge >= 0.3 is 0 Å².